The van der Waals surface area contributed by atoms with Gasteiger partial charge in [-0.1, -0.05) is 121 Å². The van der Waals surface area contributed by atoms with Crippen molar-refractivity contribution in [2.24, 2.45) is 5.92 Å². The summed E-state index contributed by atoms with van der Waals surface area (Å²) in [6.07, 6.45) is 2.81. The lowest BCUT2D eigenvalue weighted by Gasteiger charge is -2.34. The van der Waals surface area contributed by atoms with Crippen molar-refractivity contribution in [3.63, 3.8) is 0 Å². The van der Waals surface area contributed by atoms with Crippen molar-refractivity contribution < 1.29 is 9.72 Å². The number of amides is 1. The molecule has 0 unspecified atom stereocenters. The zero-order valence-electron chi connectivity index (χ0n) is 30.7. The predicted octanol–water partition coefficient (Wildman–Crippen LogP) is 8.84. The Bertz CT molecular complexity index is 2360. The molecule has 12 nitrogen and oxygen atoms in total. The van der Waals surface area contributed by atoms with E-state index in [1.54, 1.807) is 29.9 Å². The van der Waals surface area contributed by atoms with E-state index in [1.807, 2.05) is 84.9 Å². The van der Waals surface area contributed by atoms with Crippen molar-refractivity contribution >= 4 is 28.9 Å². The number of pyridine rings is 2. The molecule has 1 fully saturated rings. The summed E-state index contributed by atoms with van der Waals surface area (Å²) in [6, 6.07) is 46.7. The van der Waals surface area contributed by atoms with Crippen molar-refractivity contribution in [2.75, 3.05) is 10.6 Å². The average molecular weight is 742 g/mol. The second-order valence-electron chi connectivity index (χ2n) is 13.9. The summed E-state index contributed by atoms with van der Waals surface area (Å²) < 4.78 is 0. The normalized spacial score (nSPS) is 15.5. The topological polar surface area (TPSA) is 154 Å². The van der Waals surface area contributed by atoms with Crippen LogP contribution in [-0.4, -0.2) is 41.0 Å². The Morgan fingerprint density at radius 3 is 1.86 bits per heavy atom. The van der Waals surface area contributed by atoms with Crippen LogP contribution in [0.3, 0.4) is 0 Å². The Morgan fingerprint density at radius 1 is 0.732 bits per heavy atom. The number of carbonyl (C=O) groups is 1. The van der Waals surface area contributed by atoms with E-state index in [9.17, 15) is 14.9 Å². The van der Waals surface area contributed by atoms with Crippen LogP contribution < -0.4 is 10.6 Å². The van der Waals surface area contributed by atoms with Gasteiger partial charge in [-0.3, -0.25) is 14.9 Å². The van der Waals surface area contributed by atoms with Gasteiger partial charge in [0.05, 0.1) is 22.0 Å². The maximum Gasteiger partial charge on any atom is 0.311 e. The minimum absolute atomic E-state index is 0.0524. The van der Waals surface area contributed by atoms with Crippen LogP contribution in [0.25, 0.3) is 11.3 Å². The van der Waals surface area contributed by atoms with Crippen LogP contribution in [0, 0.1) is 23.0 Å². The Labute approximate surface area is 323 Å². The summed E-state index contributed by atoms with van der Waals surface area (Å²) in [5.74, 6) is 0.930. The lowest BCUT2D eigenvalue weighted by atomic mass is 9.77. The Kier molecular flexibility index (Phi) is 10.1. The summed E-state index contributed by atoms with van der Waals surface area (Å²) in [4.78, 5) is 35.8. The second-order valence-corrected chi connectivity index (χ2v) is 13.9. The van der Waals surface area contributed by atoms with Crippen LogP contribution in [0.15, 0.2) is 146 Å². The van der Waals surface area contributed by atoms with E-state index < -0.39 is 10.5 Å². The molecule has 1 aliphatic carbocycles. The zero-order chi connectivity index (χ0) is 38.5. The summed E-state index contributed by atoms with van der Waals surface area (Å²) in [5, 5.41) is 32.3. The maximum absolute atomic E-state index is 13.5. The molecule has 0 aliphatic heterocycles. The highest BCUT2D eigenvalue weighted by Crippen LogP contribution is 2.41. The first-order chi connectivity index (χ1) is 27.4. The first-order valence-electron chi connectivity index (χ1n) is 18.6. The molecule has 7 aromatic rings. The molecular weight excluding hydrogens is 703 g/mol. The molecule has 0 atom stereocenters. The summed E-state index contributed by atoms with van der Waals surface area (Å²) in [6.45, 7) is 1.78. The van der Waals surface area contributed by atoms with Crippen LogP contribution in [0.2, 0.25) is 0 Å². The van der Waals surface area contributed by atoms with Crippen molar-refractivity contribution in [1.29, 1.82) is 0 Å². The van der Waals surface area contributed by atoms with E-state index in [4.69, 9.17) is 10.3 Å². The molecule has 0 spiro atoms. The Hall–Kier alpha value is -7.08. The molecule has 12 heteroatoms. The number of benzene rings is 4. The number of nitro groups is 1. The molecule has 0 bridgehead atoms. The number of nitrogens with zero attached hydrogens (tertiary/aromatic N) is 7. The lowest BCUT2D eigenvalue weighted by Crippen LogP contribution is -2.39. The van der Waals surface area contributed by atoms with Crippen LogP contribution >= 0.6 is 0 Å². The number of aromatic nitrogens is 6. The van der Waals surface area contributed by atoms with Crippen LogP contribution in [0.5, 0.6) is 0 Å². The van der Waals surface area contributed by atoms with Crippen LogP contribution in [0.1, 0.15) is 59.8 Å². The third kappa shape index (κ3) is 7.12. The number of hydrogen-bond acceptors (Lipinski definition) is 9. The minimum Gasteiger partial charge on any atom is -0.333 e. The van der Waals surface area contributed by atoms with Gasteiger partial charge in [-0.15, -0.1) is 15.0 Å². The number of rotatable bonds is 11. The third-order valence-corrected chi connectivity index (χ3v) is 10.5. The number of anilines is 3. The van der Waals surface area contributed by atoms with Gasteiger partial charge in [0.1, 0.15) is 5.82 Å². The van der Waals surface area contributed by atoms with Gasteiger partial charge in [0.25, 0.3) is 0 Å². The lowest BCUT2D eigenvalue weighted by molar-refractivity contribution is -0.384. The Balaban J connectivity index is 0.960. The van der Waals surface area contributed by atoms with E-state index in [0.29, 0.717) is 41.6 Å². The number of carbonyl (C=O) groups excluding carboxylic acids is 1. The van der Waals surface area contributed by atoms with Crippen molar-refractivity contribution in [3.05, 3.63) is 184 Å². The van der Waals surface area contributed by atoms with Gasteiger partial charge in [0, 0.05) is 23.5 Å². The number of tetrazole rings is 1. The molecule has 2 N–H and O–H groups in total. The molecule has 1 aliphatic rings. The van der Waals surface area contributed by atoms with E-state index in [1.165, 1.54) is 6.07 Å². The van der Waals surface area contributed by atoms with Crippen LogP contribution in [0.4, 0.5) is 23.0 Å². The first-order valence-corrected chi connectivity index (χ1v) is 18.6. The van der Waals surface area contributed by atoms with Crippen molar-refractivity contribution in [3.8, 4) is 11.3 Å². The summed E-state index contributed by atoms with van der Waals surface area (Å²) in [5.41, 5.74) is 4.59. The Morgan fingerprint density at radius 2 is 1.30 bits per heavy atom. The second kappa shape index (κ2) is 15.7. The van der Waals surface area contributed by atoms with E-state index in [2.05, 4.69) is 62.1 Å². The van der Waals surface area contributed by atoms with Crippen molar-refractivity contribution in [1.82, 2.24) is 30.2 Å². The van der Waals surface area contributed by atoms with E-state index in [-0.39, 0.29) is 29.2 Å². The SMILES string of the molecule is Cc1nc(NC(=O)C2CCC(c3nnn(C(c4ccccc4)(c4ccccc4)c4ccccc4)n3)CC2)ccc1Nc1nc(-c2ccccc2)ccc1[N+](=O)[O-]. The zero-order valence-corrected chi connectivity index (χ0v) is 30.7. The fourth-order valence-corrected chi connectivity index (χ4v) is 7.61. The van der Waals surface area contributed by atoms with Gasteiger partial charge < -0.3 is 10.6 Å². The molecule has 278 valence electrons. The number of nitrogens with one attached hydrogen (secondary N) is 2. The van der Waals surface area contributed by atoms with Gasteiger partial charge in [-0.25, -0.2) is 9.97 Å². The monoisotopic (exact) mass is 741 g/mol. The van der Waals surface area contributed by atoms with Gasteiger partial charge in [0.2, 0.25) is 11.7 Å². The van der Waals surface area contributed by atoms with Gasteiger partial charge in [0.15, 0.2) is 11.4 Å². The summed E-state index contributed by atoms with van der Waals surface area (Å²) in [7, 11) is 0. The highest BCUT2D eigenvalue weighted by atomic mass is 16.6. The molecule has 1 amide bonds. The average Bonchev–Trinajstić information content (AvgIpc) is 3.74. The van der Waals surface area contributed by atoms with Gasteiger partial charge in [-0.05, 0) is 72.7 Å². The minimum atomic E-state index is -0.847. The van der Waals surface area contributed by atoms with Gasteiger partial charge >= 0.3 is 5.69 Å². The quantitative estimate of drug-likeness (QED) is 0.0752. The largest absolute Gasteiger partial charge is 0.333 e. The van der Waals surface area contributed by atoms with Gasteiger partial charge in [-0.2, -0.15) is 0 Å². The molecule has 8 rings (SSSR count). The van der Waals surface area contributed by atoms with Crippen LogP contribution in [-0.2, 0) is 10.3 Å². The molecular formula is C44H39N9O3. The number of aryl methyl sites for hydroxylation is 1. The predicted molar refractivity (Wildman–Crippen MR) is 214 cm³/mol. The molecule has 3 heterocycles. The number of hydrogen-bond donors (Lipinski definition) is 2. The maximum atomic E-state index is 13.5. The highest BCUT2D eigenvalue weighted by Gasteiger charge is 2.42. The summed E-state index contributed by atoms with van der Waals surface area (Å²) >= 11 is 0. The van der Waals surface area contributed by atoms with Crippen molar-refractivity contribution in [2.45, 2.75) is 44.1 Å². The van der Waals surface area contributed by atoms with E-state index >= 15 is 0 Å². The van der Waals surface area contributed by atoms with E-state index in [0.717, 1.165) is 35.1 Å². The third-order valence-electron chi connectivity index (χ3n) is 10.5. The molecule has 3 aromatic heterocycles. The highest BCUT2D eigenvalue weighted by molar-refractivity contribution is 5.92. The molecule has 4 aromatic carbocycles. The first kappa shape index (κ1) is 35.9. The smallest absolute Gasteiger partial charge is 0.311 e. The fraction of sp³-hybridized carbons (Fsp3) is 0.182. The molecule has 0 radical (unpaired) electrons. The fourth-order valence-electron chi connectivity index (χ4n) is 7.61. The molecule has 1 saturated carbocycles. The standard InChI is InChI=1S/C44H39N9O3/c1-30-37(46-42-39(52(55)56)28-26-38(47-42)31-14-6-2-7-15-31)27-29-40(45-30)48-43(54)33-24-22-32(23-25-33)41-49-51-53(50-41)44(34-16-8-3-9-17-34,35-18-10-4-11-19-35)36-20-12-5-13-21-36/h2-21,26-29,32-33H,22-25H2,1H3,(H,46,47)(H,45,48,54). The molecule has 56 heavy (non-hydrogen) atoms. The molecule has 0 saturated heterocycles.